The predicted molar refractivity (Wildman–Crippen MR) is 67.6 cm³/mol. The Bertz CT molecular complexity index is 566. The summed E-state index contributed by atoms with van der Waals surface area (Å²) in [5.74, 6) is 0. The summed E-state index contributed by atoms with van der Waals surface area (Å²) in [6.07, 6.45) is 3.48. The van der Waals surface area contributed by atoms with Gasteiger partial charge in [0.05, 0.1) is 22.6 Å². The molecule has 1 heterocycles. The lowest BCUT2D eigenvalue weighted by atomic mass is 10.2. The zero-order chi connectivity index (χ0) is 12.4. The van der Waals surface area contributed by atoms with E-state index in [4.69, 9.17) is 0 Å². The van der Waals surface area contributed by atoms with Gasteiger partial charge in [-0.2, -0.15) is 0 Å². The zero-order valence-electron chi connectivity index (χ0n) is 9.13. The van der Waals surface area contributed by atoms with E-state index in [0.29, 0.717) is 5.33 Å². The number of nitrogens with zero attached hydrogens (tertiary/aromatic N) is 3. The van der Waals surface area contributed by atoms with E-state index in [2.05, 4.69) is 20.9 Å². The molecule has 2 aromatic rings. The molecule has 0 aliphatic heterocycles. The van der Waals surface area contributed by atoms with E-state index < -0.39 is 0 Å². The summed E-state index contributed by atoms with van der Waals surface area (Å²) in [6.45, 7) is 1.87. The van der Waals surface area contributed by atoms with Gasteiger partial charge in [-0.05, 0) is 18.6 Å². The van der Waals surface area contributed by atoms with E-state index in [1.165, 1.54) is 6.07 Å². The van der Waals surface area contributed by atoms with Gasteiger partial charge in [0.2, 0.25) is 0 Å². The number of hydrogen-bond acceptors (Lipinski definition) is 3. The third-order valence-electron chi connectivity index (χ3n) is 2.34. The summed E-state index contributed by atoms with van der Waals surface area (Å²) in [4.78, 5) is 14.5. The van der Waals surface area contributed by atoms with Gasteiger partial charge in [-0.3, -0.25) is 10.1 Å². The molecule has 0 aliphatic rings. The molecule has 0 atom stereocenters. The number of nitro benzene ring substituents is 1. The standard InChI is InChI=1S/C11H10BrN3O2/c1-8-6-14(7-13-8)10-2-9(5-12)3-11(4-10)15(16)17/h2-4,6-7H,5H2,1H3. The van der Waals surface area contributed by atoms with Crippen molar-refractivity contribution in [1.82, 2.24) is 9.55 Å². The molecule has 0 saturated heterocycles. The largest absolute Gasteiger partial charge is 0.306 e. The fraction of sp³-hybridized carbons (Fsp3) is 0.182. The summed E-state index contributed by atoms with van der Waals surface area (Å²) in [5.41, 5.74) is 2.56. The Labute approximate surface area is 106 Å². The number of benzene rings is 1. The third kappa shape index (κ3) is 2.52. The molecule has 1 aromatic carbocycles. The molecule has 0 amide bonds. The van der Waals surface area contributed by atoms with E-state index in [1.54, 1.807) is 17.0 Å². The summed E-state index contributed by atoms with van der Waals surface area (Å²) in [6, 6.07) is 4.98. The molecule has 5 nitrogen and oxygen atoms in total. The minimum Gasteiger partial charge on any atom is -0.306 e. The SMILES string of the molecule is Cc1cn(-c2cc(CBr)cc([N+](=O)[O-])c2)cn1. The normalized spacial score (nSPS) is 10.5. The lowest BCUT2D eigenvalue weighted by molar-refractivity contribution is -0.384. The molecule has 88 valence electrons. The molecule has 6 heteroatoms. The molecule has 0 unspecified atom stereocenters. The molecule has 2 rings (SSSR count). The van der Waals surface area contributed by atoms with Gasteiger partial charge >= 0.3 is 0 Å². The molecular formula is C11H10BrN3O2. The first-order valence-electron chi connectivity index (χ1n) is 4.95. The van der Waals surface area contributed by atoms with Crippen LogP contribution in [0, 0.1) is 17.0 Å². The Morgan fingerprint density at radius 1 is 1.47 bits per heavy atom. The Balaban J connectivity index is 2.53. The van der Waals surface area contributed by atoms with Gasteiger partial charge in [-0.1, -0.05) is 15.9 Å². The number of non-ortho nitro benzene ring substituents is 1. The zero-order valence-corrected chi connectivity index (χ0v) is 10.7. The fourth-order valence-electron chi connectivity index (χ4n) is 1.55. The number of imidazole rings is 1. The van der Waals surface area contributed by atoms with Gasteiger partial charge in [-0.25, -0.2) is 4.98 Å². The topological polar surface area (TPSA) is 61.0 Å². The first kappa shape index (κ1) is 11.8. The molecule has 17 heavy (non-hydrogen) atoms. The second-order valence-electron chi connectivity index (χ2n) is 3.67. The molecule has 0 spiro atoms. The van der Waals surface area contributed by atoms with E-state index in [-0.39, 0.29) is 10.6 Å². The van der Waals surface area contributed by atoms with Crippen LogP contribution in [0.2, 0.25) is 0 Å². The van der Waals surface area contributed by atoms with Crippen molar-refractivity contribution in [3.05, 3.63) is 52.1 Å². The van der Waals surface area contributed by atoms with Crippen molar-refractivity contribution in [3.63, 3.8) is 0 Å². The maximum Gasteiger partial charge on any atom is 0.271 e. The minimum absolute atomic E-state index is 0.0864. The molecule has 1 aromatic heterocycles. The van der Waals surface area contributed by atoms with Gasteiger partial charge in [0.15, 0.2) is 0 Å². The Morgan fingerprint density at radius 3 is 2.76 bits per heavy atom. The van der Waals surface area contributed by atoms with Crippen LogP contribution in [0.5, 0.6) is 0 Å². The lowest BCUT2D eigenvalue weighted by Gasteiger charge is -2.04. The number of hydrogen-bond donors (Lipinski definition) is 0. The Kier molecular flexibility index (Phi) is 3.23. The Morgan fingerprint density at radius 2 is 2.24 bits per heavy atom. The lowest BCUT2D eigenvalue weighted by Crippen LogP contribution is -1.96. The summed E-state index contributed by atoms with van der Waals surface area (Å²) < 4.78 is 1.77. The predicted octanol–water partition coefficient (Wildman–Crippen LogP) is 2.98. The average molecular weight is 296 g/mol. The molecule has 0 fully saturated rings. The first-order valence-corrected chi connectivity index (χ1v) is 6.07. The summed E-state index contributed by atoms with van der Waals surface area (Å²) in [5, 5.41) is 11.4. The van der Waals surface area contributed by atoms with Crippen LogP contribution in [-0.2, 0) is 5.33 Å². The summed E-state index contributed by atoms with van der Waals surface area (Å²) >= 11 is 3.31. The van der Waals surface area contributed by atoms with Gasteiger partial charge in [-0.15, -0.1) is 0 Å². The van der Waals surface area contributed by atoms with Crippen molar-refractivity contribution in [3.8, 4) is 5.69 Å². The smallest absolute Gasteiger partial charge is 0.271 e. The molecule has 0 aliphatic carbocycles. The summed E-state index contributed by atoms with van der Waals surface area (Å²) in [7, 11) is 0. The Hall–Kier alpha value is -1.69. The highest BCUT2D eigenvalue weighted by Gasteiger charge is 2.10. The maximum atomic E-state index is 10.8. The van der Waals surface area contributed by atoms with Crippen LogP contribution in [0.4, 0.5) is 5.69 Å². The van der Waals surface area contributed by atoms with Gasteiger partial charge in [0.1, 0.15) is 0 Å². The number of aryl methyl sites for hydroxylation is 1. The quantitative estimate of drug-likeness (QED) is 0.497. The number of aromatic nitrogens is 2. The highest BCUT2D eigenvalue weighted by atomic mass is 79.9. The number of halogens is 1. The monoisotopic (exact) mass is 295 g/mol. The second kappa shape index (κ2) is 4.67. The second-order valence-corrected chi connectivity index (χ2v) is 4.23. The third-order valence-corrected chi connectivity index (χ3v) is 2.98. The van der Waals surface area contributed by atoms with Crippen molar-refractivity contribution >= 4 is 21.6 Å². The number of nitro groups is 1. The van der Waals surface area contributed by atoms with E-state index >= 15 is 0 Å². The highest BCUT2D eigenvalue weighted by Crippen LogP contribution is 2.21. The van der Waals surface area contributed by atoms with Crippen LogP contribution in [0.1, 0.15) is 11.3 Å². The highest BCUT2D eigenvalue weighted by molar-refractivity contribution is 9.08. The van der Waals surface area contributed by atoms with Crippen LogP contribution in [0.15, 0.2) is 30.7 Å². The maximum absolute atomic E-state index is 10.8. The van der Waals surface area contributed by atoms with Gasteiger partial charge in [0, 0.05) is 23.7 Å². The van der Waals surface area contributed by atoms with Crippen LogP contribution < -0.4 is 0 Å². The van der Waals surface area contributed by atoms with Crippen molar-refractivity contribution < 1.29 is 4.92 Å². The molecule has 0 radical (unpaired) electrons. The van der Waals surface area contributed by atoms with Gasteiger partial charge < -0.3 is 4.57 Å². The van der Waals surface area contributed by atoms with Crippen LogP contribution in [0.3, 0.4) is 0 Å². The fourth-order valence-corrected chi connectivity index (χ4v) is 1.87. The number of alkyl halides is 1. The molecular weight excluding hydrogens is 286 g/mol. The first-order chi connectivity index (χ1) is 8.10. The van der Waals surface area contributed by atoms with Crippen LogP contribution in [0.25, 0.3) is 5.69 Å². The average Bonchev–Trinajstić information content (AvgIpc) is 2.75. The number of rotatable bonds is 3. The van der Waals surface area contributed by atoms with Crippen LogP contribution in [-0.4, -0.2) is 14.5 Å². The van der Waals surface area contributed by atoms with Gasteiger partial charge in [0.25, 0.3) is 5.69 Å². The van der Waals surface area contributed by atoms with E-state index in [1.807, 2.05) is 19.2 Å². The van der Waals surface area contributed by atoms with Crippen molar-refractivity contribution in [2.24, 2.45) is 0 Å². The molecule has 0 N–H and O–H groups in total. The van der Waals surface area contributed by atoms with Crippen molar-refractivity contribution in [2.75, 3.05) is 0 Å². The minimum atomic E-state index is -0.389. The molecule has 0 saturated carbocycles. The van der Waals surface area contributed by atoms with Crippen LogP contribution >= 0.6 is 15.9 Å². The van der Waals surface area contributed by atoms with E-state index in [0.717, 1.165) is 16.9 Å². The van der Waals surface area contributed by atoms with E-state index in [9.17, 15) is 10.1 Å². The van der Waals surface area contributed by atoms with Crippen molar-refractivity contribution in [2.45, 2.75) is 12.3 Å². The molecule has 0 bridgehead atoms. The van der Waals surface area contributed by atoms with Crippen molar-refractivity contribution in [1.29, 1.82) is 0 Å².